The van der Waals surface area contributed by atoms with E-state index >= 15 is 0 Å². The number of piperidine rings is 1. The van der Waals surface area contributed by atoms with Crippen LogP contribution in [0.15, 0.2) is 36.8 Å². The topological polar surface area (TPSA) is 90.5 Å². The van der Waals surface area contributed by atoms with Crippen LogP contribution in [-0.2, 0) is 17.8 Å². The van der Waals surface area contributed by atoms with Crippen molar-refractivity contribution in [3.05, 3.63) is 48.0 Å². The standard InChI is InChI=1S/C19H26N4O3/c1-26-17-5-2-4-15(10-17)12-23-9-3-7-19(25,18(23)24)13-20-8-6-16-11-21-14-22-16/h2,4-5,10-11,14,20,25H,3,6-9,12-13H2,1H3,(H,21,22). The number of aromatic nitrogens is 2. The van der Waals surface area contributed by atoms with Gasteiger partial charge in [0.2, 0.25) is 0 Å². The van der Waals surface area contributed by atoms with E-state index in [0.717, 1.165) is 29.8 Å². The predicted molar refractivity (Wildman–Crippen MR) is 97.8 cm³/mol. The third-order valence-electron chi connectivity index (χ3n) is 4.75. The summed E-state index contributed by atoms with van der Waals surface area (Å²) in [6, 6.07) is 7.67. The number of carbonyl (C=O) groups is 1. The molecular weight excluding hydrogens is 332 g/mol. The Kier molecular flexibility index (Phi) is 5.90. The summed E-state index contributed by atoms with van der Waals surface area (Å²) in [7, 11) is 1.62. The highest BCUT2D eigenvalue weighted by atomic mass is 16.5. The summed E-state index contributed by atoms with van der Waals surface area (Å²) in [4.78, 5) is 21.6. The highest BCUT2D eigenvalue weighted by Gasteiger charge is 2.41. The molecule has 1 aliphatic rings. The number of carbonyl (C=O) groups excluding carboxylic acids is 1. The minimum absolute atomic E-state index is 0.208. The number of hydrogen-bond acceptors (Lipinski definition) is 5. The van der Waals surface area contributed by atoms with Crippen LogP contribution >= 0.6 is 0 Å². The molecular formula is C19H26N4O3. The van der Waals surface area contributed by atoms with Gasteiger partial charge in [-0.15, -0.1) is 0 Å². The van der Waals surface area contributed by atoms with E-state index in [4.69, 9.17) is 4.74 Å². The molecule has 0 aliphatic carbocycles. The molecule has 1 aromatic heterocycles. The first-order valence-corrected chi connectivity index (χ1v) is 8.93. The molecule has 1 unspecified atom stereocenters. The van der Waals surface area contributed by atoms with Gasteiger partial charge in [0.25, 0.3) is 5.91 Å². The smallest absolute Gasteiger partial charge is 0.256 e. The van der Waals surface area contributed by atoms with Crippen LogP contribution in [0.4, 0.5) is 0 Å². The zero-order valence-electron chi connectivity index (χ0n) is 15.1. The van der Waals surface area contributed by atoms with Crippen molar-refractivity contribution in [1.29, 1.82) is 0 Å². The van der Waals surface area contributed by atoms with Crippen LogP contribution in [0.1, 0.15) is 24.1 Å². The summed E-state index contributed by atoms with van der Waals surface area (Å²) in [5.41, 5.74) is 0.679. The number of rotatable bonds is 8. The Morgan fingerprint density at radius 3 is 3.12 bits per heavy atom. The highest BCUT2D eigenvalue weighted by Crippen LogP contribution is 2.24. The quantitative estimate of drug-likeness (QED) is 0.615. The average Bonchev–Trinajstić information content (AvgIpc) is 3.17. The van der Waals surface area contributed by atoms with Crippen LogP contribution in [0.3, 0.4) is 0 Å². The Hall–Kier alpha value is -2.38. The number of likely N-dealkylation sites (tertiary alicyclic amines) is 1. The average molecular weight is 358 g/mol. The maximum atomic E-state index is 12.8. The molecule has 3 N–H and O–H groups in total. The molecule has 140 valence electrons. The van der Waals surface area contributed by atoms with Gasteiger partial charge in [0.15, 0.2) is 5.60 Å². The zero-order chi connectivity index (χ0) is 18.4. The van der Waals surface area contributed by atoms with Crippen LogP contribution in [-0.4, -0.2) is 58.2 Å². The molecule has 0 bridgehead atoms. The Bertz CT molecular complexity index is 719. The van der Waals surface area contributed by atoms with E-state index in [-0.39, 0.29) is 12.5 Å². The number of aromatic amines is 1. The molecule has 7 nitrogen and oxygen atoms in total. The lowest BCUT2D eigenvalue weighted by Gasteiger charge is -2.38. The molecule has 0 spiro atoms. The lowest BCUT2D eigenvalue weighted by molar-refractivity contribution is -0.157. The Morgan fingerprint density at radius 1 is 1.46 bits per heavy atom. The fourth-order valence-electron chi connectivity index (χ4n) is 3.31. The number of aliphatic hydroxyl groups is 1. The number of imidazole rings is 1. The Morgan fingerprint density at radius 2 is 2.35 bits per heavy atom. The van der Waals surface area contributed by atoms with Crippen molar-refractivity contribution in [1.82, 2.24) is 20.2 Å². The van der Waals surface area contributed by atoms with Gasteiger partial charge >= 0.3 is 0 Å². The van der Waals surface area contributed by atoms with Gasteiger partial charge in [-0.2, -0.15) is 0 Å². The van der Waals surface area contributed by atoms with Gasteiger partial charge in [0.1, 0.15) is 5.75 Å². The van der Waals surface area contributed by atoms with Crippen LogP contribution in [0.25, 0.3) is 0 Å². The van der Waals surface area contributed by atoms with Crippen molar-refractivity contribution in [2.45, 2.75) is 31.4 Å². The van der Waals surface area contributed by atoms with Gasteiger partial charge in [0, 0.05) is 44.5 Å². The minimum atomic E-state index is -1.34. The van der Waals surface area contributed by atoms with E-state index in [2.05, 4.69) is 15.3 Å². The van der Waals surface area contributed by atoms with Crippen molar-refractivity contribution in [3.63, 3.8) is 0 Å². The van der Waals surface area contributed by atoms with Crippen LogP contribution in [0.5, 0.6) is 5.75 Å². The normalized spacial score (nSPS) is 20.4. The Labute approximate surface area is 153 Å². The second-order valence-corrected chi connectivity index (χ2v) is 6.72. The molecule has 2 aromatic rings. The molecule has 26 heavy (non-hydrogen) atoms. The molecule has 1 aliphatic heterocycles. The summed E-state index contributed by atoms with van der Waals surface area (Å²) >= 11 is 0. The summed E-state index contributed by atoms with van der Waals surface area (Å²) in [6.45, 7) is 2.07. The van der Waals surface area contributed by atoms with Gasteiger partial charge in [0.05, 0.1) is 13.4 Å². The number of benzene rings is 1. The van der Waals surface area contributed by atoms with Crippen molar-refractivity contribution in [3.8, 4) is 5.75 Å². The maximum Gasteiger partial charge on any atom is 0.256 e. The number of H-pyrrole nitrogens is 1. The number of methoxy groups -OCH3 is 1. The molecule has 0 radical (unpaired) electrons. The van der Waals surface area contributed by atoms with Crippen molar-refractivity contribution < 1.29 is 14.6 Å². The van der Waals surface area contributed by atoms with E-state index < -0.39 is 5.60 Å². The number of amides is 1. The first-order chi connectivity index (χ1) is 12.6. The van der Waals surface area contributed by atoms with Gasteiger partial charge in [-0.1, -0.05) is 12.1 Å². The monoisotopic (exact) mass is 358 g/mol. The molecule has 0 saturated carbocycles. The van der Waals surface area contributed by atoms with Crippen molar-refractivity contribution in [2.75, 3.05) is 26.7 Å². The van der Waals surface area contributed by atoms with Crippen molar-refractivity contribution in [2.24, 2.45) is 0 Å². The molecule has 3 rings (SSSR count). The second-order valence-electron chi connectivity index (χ2n) is 6.72. The fourth-order valence-corrected chi connectivity index (χ4v) is 3.31. The molecule has 1 aromatic carbocycles. The first kappa shape index (κ1) is 18.4. The molecule has 1 saturated heterocycles. The van der Waals surface area contributed by atoms with Gasteiger partial charge in [-0.25, -0.2) is 4.98 Å². The van der Waals surface area contributed by atoms with E-state index in [1.807, 2.05) is 24.3 Å². The Balaban J connectivity index is 1.55. The summed E-state index contributed by atoms with van der Waals surface area (Å²) in [6.07, 6.45) is 5.46. The van der Waals surface area contributed by atoms with Crippen LogP contribution in [0, 0.1) is 0 Å². The number of nitrogens with one attached hydrogen (secondary N) is 2. The second kappa shape index (κ2) is 8.33. The van der Waals surface area contributed by atoms with Crippen LogP contribution < -0.4 is 10.1 Å². The first-order valence-electron chi connectivity index (χ1n) is 8.93. The number of nitrogens with zero attached hydrogens (tertiary/aromatic N) is 2. The third-order valence-corrected chi connectivity index (χ3v) is 4.75. The lowest BCUT2D eigenvalue weighted by atomic mass is 9.91. The van der Waals surface area contributed by atoms with Gasteiger partial charge in [-0.05, 0) is 30.5 Å². The highest BCUT2D eigenvalue weighted by molar-refractivity contribution is 5.86. The molecule has 1 amide bonds. The number of hydrogen-bond donors (Lipinski definition) is 3. The molecule has 1 fully saturated rings. The lowest BCUT2D eigenvalue weighted by Crippen LogP contribution is -2.57. The maximum absolute atomic E-state index is 12.8. The van der Waals surface area contributed by atoms with E-state index in [0.29, 0.717) is 26.1 Å². The number of ether oxygens (including phenoxy) is 1. The molecule has 7 heteroatoms. The van der Waals surface area contributed by atoms with E-state index in [9.17, 15) is 9.90 Å². The largest absolute Gasteiger partial charge is 0.497 e. The summed E-state index contributed by atoms with van der Waals surface area (Å²) in [5, 5.41) is 14.0. The third kappa shape index (κ3) is 4.42. The minimum Gasteiger partial charge on any atom is -0.497 e. The fraction of sp³-hybridized carbons (Fsp3) is 0.474. The zero-order valence-corrected chi connectivity index (χ0v) is 15.1. The summed E-state index contributed by atoms with van der Waals surface area (Å²) in [5.74, 6) is 0.559. The molecule has 1 atom stereocenters. The van der Waals surface area contributed by atoms with Gasteiger partial charge < -0.3 is 25.0 Å². The molecule has 2 heterocycles. The van der Waals surface area contributed by atoms with Crippen molar-refractivity contribution >= 4 is 5.91 Å². The van der Waals surface area contributed by atoms with Crippen LogP contribution in [0.2, 0.25) is 0 Å². The van der Waals surface area contributed by atoms with E-state index in [1.165, 1.54) is 0 Å². The van der Waals surface area contributed by atoms with E-state index in [1.54, 1.807) is 24.5 Å². The van der Waals surface area contributed by atoms with Gasteiger partial charge in [-0.3, -0.25) is 4.79 Å². The SMILES string of the molecule is COc1cccc(CN2CCCC(O)(CNCCc3cnc[nH]3)C2=O)c1. The summed E-state index contributed by atoms with van der Waals surface area (Å²) < 4.78 is 5.24. The predicted octanol–water partition coefficient (Wildman–Crippen LogP) is 1.10.